The van der Waals surface area contributed by atoms with E-state index < -0.39 is 0 Å². The number of para-hydroxylation sites is 2. The summed E-state index contributed by atoms with van der Waals surface area (Å²) in [6.45, 7) is 6.43. The predicted octanol–water partition coefficient (Wildman–Crippen LogP) is 4.25. The number of rotatable bonds is 5. The molecule has 2 aromatic rings. The van der Waals surface area contributed by atoms with Gasteiger partial charge in [-0.05, 0) is 61.8 Å². The van der Waals surface area contributed by atoms with E-state index in [1.165, 1.54) is 5.70 Å². The molecule has 1 heterocycles. The Morgan fingerprint density at radius 2 is 1.62 bits per heavy atom. The summed E-state index contributed by atoms with van der Waals surface area (Å²) in [7, 11) is 0. The fourth-order valence-electron chi connectivity index (χ4n) is 3.72. The Labute approximate surface area is 171 Å². The Morgan fingerprint density at radius 1 is 1.00 bits per heavy atom. The highest BCUT2D eigenvalue weighted by atomic mass is 16.5. The molecule has 1 atom stereocenters. The first-order valence-corrected chi connectivity index (χ1v) is 9.96. The van der Waals surface area contributed by atoms with Crippen LogP contribution < -0.4 is 9.80 Å². The fourth-order valence-corrected chi connectivity index (χ4v) is 3.72. The lowest BCUT2D eigenvalue weighted by molar-refractivity contribution is -0.779. The molecule has 1 fully saturated rings. The van der Waals surface area contributed by atoms with Gasteiger partial charge in [0.25, 0.3) is 5.88 Å². The Balaban J connectivity index is 1.63. The molecular formula is C25H25N2O2+. The van der Waals surface area contributed by atoms with Crippen LogP contribution in [0.3, 0.4) is 0 Å². The van der Waals surface area contributed by atoms with Gasteiger partial charge in [0.2, 0.25) is 5.76 Å². The van der Waals surface area contributed by atoms with Crippen LogP contribution in [0.15, 0.2) is 108 Å². The minimum atomic E-state index is -0.0385. The molecular weight excluding hydrogens is 360 g/mol. The first kappa shape index (κ1) is 19.0. The van der Waals surface area contributed by atoms with E-state index in [0.29, 0.717) is 23.1 Å². The van der Waals surface area contributed by atoms with Crippen LogP contribution in [0.4, 0.5) is 11.4 Å². The molecule has 1 saturated heterocycles. The normalized spacial score (nSPS) is 20.3. The summed E-state index contributed by atoms with van der Waals surface area (Å²) < 4.78 is 5.60. The Morgan fingerprint density at radius 3 is 2.10 bits per heavy atom. The van der Waals surface area contributed by atoms with Crippen LogP contribution in [-0.4, -0.2) is 12.5 Å². The summed E-state index contributed by atoms with van der Waals surface area (Å²) >= 11 is 0. The summed E-state index contributed by atoms with van der Waals surface area (Å²) in [5.74, 6) is 0.831. The van der Waals surface area contributed by atoms with E-state index in [1.807, 2.05) is 25.1 Å². The number of carbonyl (C=O) groups excluding carboxylic acids is 1. The average Bonchev–Trinajstić information content (AvgIpc) is 3.03. The number of allylic oxidation sites excluding steroid dienone is 5. The van der Waals surface area contributed by atoms with Gasteiger partial charge in [-0.2, -0.15) is 0 Å². The monoisotopic (exact) mass is 385 g/mol. The third-order valence-electron chi connectivity index (χ3n) is 5.21. The number of quaternary nitrogens is 1. The molecule has 1 unspecified atom stereocenters. The van der Waals surface area contributed by atoms with Crippen LogP contribution in [0.25, 0.3) is 0 Å². The summed E-state index contributed by atoms with van der Waals surface area (Å²) in [5.41, 5.74) is 4.57. The number of hydrogen-bond donors (Lipinski definition) is 1. The van der Waals surface area contributed by atoms with Gasteiger partial charge in [-0.3, -0.25) is 0 Å². The number of nitrogens with one attached hydrogen (secondary N) is 1. The van der Waals surface area contributed by atoms with Gasteiger partial charge in [0.05, 0.1) is 6.54 Å². The second kappa shape index (κ2) is 8.33. The largest absolute Gasteiger partial charge is 0.402 e. The van der Waals surface area contributed by atoms with Crippen LogP contribution >= 0.6 is 0 Å². The van der Waals surface area contributed by atoms with E-state index >= 15 is 0 Å². The number of benzene rings is 2. The number of nitrogens with zero attached hydrogens (tertiary/aromatic N) is 1. The van der Waals surface area contributed by atoms with E-state index in [4.69, 9.17) is 4.74 Å². The Hall–Kier alpha value is -3.37. The highest BCUT2D eigenvalue weighted by molar-refractivity contribution is 5.87. The van der Waals surface area contributed by atoms with Crippen LogP contribution in [0.2, 0.25) is 0 Å². The molecule has 0 bridgehead atoms. The minimum Gasteiger partial charge on any atom is -0.402 e. The highest BCUT2D eigenvalue weighted by Crippen LogP contribution is 2.34. The van der Waals surface area contributed by atoms with Gasteiger partial charge >= 0.3 is 5.91 Å². The second-order valence-corrected chi connectivity index (χ2v) is 7.10. The van der Waals surface area contributed by atoms with Gasteiger partial charge in [-0.15, -0.1) is 0 Å². The van der Waals surface area contributed by atoms with Gasteiger partial charge in [-0.25, -0.2) is 9.69 Å². The van der Waals surface area contributed by atoms with Crippen LogP contribution in [0, 0.1) is 0 Å². The van der Waals surface area contributed by atoms with E-state index in [9.17, 15) is 4.79 Å². The summed E-state index contributed by atoms with van der Waals surface area (Å²) in [6, 6.07) is 20.7. The van der Waals surface area contributed by atoms with Crippen molar-refractivity contribution in [2.24, 2.45) is 0 Å². The molecule has 2 aromatic carbocycles. The second-order valence-electron chi connectivity index (χ2n) is 7.10. The fraction of sp³-hybridized carbons (Fsp3) is 0.160. The number of carbonyl (C=O) groups is 1. The van der Waals surface area contributed by atoms with Crippen molar-refractivity contribution in [3.63, 3.8) is 0 Å². The van der Waals surface area contributed by atoms with Gasteiger partial charge in [0, 0.05) is 23.7 Å². The zero-order valence-electron chi connectivity index (χ0n) is 16.6. The van der Waals surface area contributed by atoms with Crippen molar-refractivity contribution in [2.75, 3.05) is 11.4 Å². The molecule has 0 spiro atoms. The molecule has 1 aliphatic carbocycles. The topological polar surface area (TPSA) is 34.0 Å². The molecule has 0 aromatic heterocycles. The number of ether oxygens (including phenoxy) is 1. The molecule has 1 N–H and O–H groups in total. The number of hydrogen-bond acceptors (Lipinski definition) is 3. The summed E-state index contributed by atoms with van der Waals surface area (Å²) in [4.78, 5) is 15.4. The zero-order chi connectivity index (χ0) is 20.2. The van der Waals surface area contributed by atoms with Crippen molar-refractivity contribution in [2.45, 2.75) is 19.8 Å². The maximum Gasteiger partial charge on any atom is 0.387 e. The predicted molar refractivity (Wildman–Crippen MR) is 115 cm³/mol. The Bertz CT molecular complexity index is 964. The van der Waals surface area contributed by atoms with E-state index in [0.717, 1.165) is 29.8 Å². The van der Waals surface area contributed by atoms with Gasteiger partial charge in [0.1, 0.15) is 0 Å². The SMILES string of the molecule is C=C1OC(=CC2=CC=C(N(c3ccccc3)c3ccccc3)CC2)C(=O)[NH+]1CC. The lowest BCUT2D eigenvalue weighted by Crippen LogP contribution is -3.10. The van der Waals surface area contributed by atoms with Crippen molar-refractivity contribution < 1.29 is 14.4 Å². The molecule has 0 saturated carbocycles. The molecule has 4 nitrogen and oxygen atoms in total. The average molecular weight is 385 g/mol. The lowest BCUT2D eigenvalue weighted by atomic mass is 10.00. The molecule has 4 heteroatoms. The molecule has 0 radical (unpaired) electrons. The van der Waals surface area contributed by atoms with E-state index in [2.05, 4.69) is 72.2 Å². The summed E-state index contributed by atoms with van der Waals surface area (Å²) in [5, 5.41) is 0. The highest BCUT2D eigenvalue weighted by Gasteiger charge is 2.37. The van der Waals surface area contributed by atoms with Gasteiger partial charge < -0.3 is 9.64 Å². The van der Waals surface area contributed by atoms with Crippen molar-refractivity contribution in [3.05, 3.63) is 108 Å². The van der Waals surface area contributed by atoms with E-state index in [1.54, 1.807) is 0 Å². The standard InChI is InChI=1S/C25H24N2O2/c1-3-26-19(2)29-24(25(26)28)18-20-14-16-23(17-15-20)27(21-10-6-4-7-11-21)22-12-8-5-9-13-22/h4-14,16,18H,2-3,15,17H2,1H3/p+1. The maximum absolute atomic E-state index is 12.4. The van der Waals surface area contributed by atoms with Gasteiger partial charge in [0.15, 0.2) is 0 Å². The van der Waals surface area contributed by atoms with Crippen LogP contribution in [-0.2, 0) is 9.53 Å². The molecule has 1 aliphatic heterocycles. The summed E-state index contributed by atoms with van der Waals surface area (Å²) in [6.07, 6.45) is 7.79. The minimum absolute atomic E-state index is 0.0385. The third kappa shape index (κ3) is 3.93. The van der Waals surface area contributed by atoms with Crippen molar-refractivity contribution in [1.29, 1.82) is 0 Å². The van der Waals surface area contributed by atoms with E-state index in [-0.39, 0.29) is 5.91 Å². The maximum atomic E-state index is 12.4. The van der Waals surface area contributed by atoms with Crippen molar-refractivity contribution in [3.8, 4) is 0 Å². The zero-order valence-corrected chi connectivity index (χ0v) is 16.6. The van der Waals surface area contributed by atoms with Gasteiger partial charge in [-0.1, -0.05) is 42.5 Å². The molecule has 29 heavy (non-hydrogen) atoms. The van der Waals surface area contributed by atoms with Crippen molar-refractivity contribution >= 4 is 17.3 Å². The quantitative estimate of drug-likeness (QED) is 0.782. The third-order valence-corrected chi connectivity index (χ3v) is 5.21. The Kier molecular flexibility index (Phi) is 5.45. The first-order chi connectivity index (χ1) is 14.2. The smallest absolute Gasteiger partial charge is 0.387 e. The van der Waals surface area contributed by atoms with Crippen molar-refractivity contribution in [1.82, 2.24) is 0 Å². The molecule has 1 amide bonds. The molecule has 146 valence electrons. The number of amides is 1. The number of anilines is 2. The number of likely N-dealkylation sites (N-methyl/N-ethyl adjacent to an activating group) is 1. The molecule has 4 rings (SSSR count). The molecule has 2 aliphatic rings. The van der Waals surface area contributed by atoms with Crippen LogP contribution in [0.5, 0.6) is 0 Å². The first-order valence-electron chi connectivity index (χ1n) is 9.96. The lowest BCUT2D eigenvalue weighted by Gasteiger charge is -2.29. The van der Waals surface area contributed by atoms with Crippen LogP contribution in [0.1, 0.15) is 19.8 Å².